The van der Waals surface area contributed by atoms with Crippen LogP contribution in [0.25, 0.3) is 0 Å². The summed E-state index contributed by atoms with van der Waals surface area (Å²) in [6, 6.07) is 11.8. The number of halogens is 2. The van der Waals surface area contributed by atoms with E-state index in [1.165, 1.54) is 0 Å². The smallest absolute Gasteiger partial charge is 0.127 e. The predicted molar refractivity (Wildman–Crippen MR) is 86.5 cm³/mol. The molecule has 2 aromatic carbocycles. The van der Waals surface area contributed by atoms with Crippen molar-refractivity contribution in [3.8, 4) is 11.5 Å². The number of hydrogen-bond acceptors (Lipinski definition) is 2. The Hall–Kier alpha value is -1.19. The summed E-state index contributed by atoms with van der Waals surface area (Å²) in [6.07, 6.45) is 0. The maximum Gasteiger partial charge on any atom is 0.127 e. The molecule has 0 bridgehead atoms. The van der Waals surface area contributed by atoms with Crippen molar-refractivity contribution in [1.82, 2.24) is 0 Å². The SMILES string of the molecule is COc1ccc(C(Br)c2cc(C)cc(Cl)c2)c(OC)c1. The summed E-state index contributed by atoms with van der Waals surface area (Å²) in [5.41, 5.74) is 3.26. The van der Waals surface area contributed by atoms with Gasteiger partial charge in [0.2, 0.25) is 0 Å². The van der Waals surface area contributed by atoms with Crippen LogP contribution in [-0.4, -0.2) is 14.2 Å². The minimum Gasteiger partial charge on any atom is -0.497 e. The van der Waals surface area contributed by atoms with E-state index in [0.29, 0.717) is 0 Å². The lowest BCUT2D eigenvalue weighted by atomic mass is 10.0. The zero-order valence-electron chi connectivity index (χ0n) is 11.6. The second kappa shape index (κ2) is 6.51. The van der Waals surface area contributed by atoms with E-state index in [2.05, 4.69) is 22.0 Å². The van der Waals surface area contributed by atoms with Crippen molar-refractivity contribution in [2.45, 2.75) is 11.8 Å². The van der Waals surface area contributed by atoms with Crippen molar-refractivity contribution in [1.29, 1.82) is 0 Å². The molecule has 0 saturated heterocycles. The summed E-state index contributed by atoms with van der Waals surface area (Å²) in [4.78, 5) is 0.0146. The van der Waals surface area contributed by atoms with Crippen LogP contribution in [0.1, 0.15) is 21.5 Å². The second-order valence-corrected chi connectivity index (χ2v) is 5.88. The van der Waals surface area contributed by atoms with Gasteiger partial charge in [0, 0.05) is 16.7 Å². The van der Waals surface area contributed by atoms with Crippen molar-refractivity contribution < 1.29 is 9.47 Å². The van der Waals surface area contributed by atoms with E-state index in [4.69, 9.17) is 21.1 Å². The molecule has 106 valence electrons. The third-order valence-electron chi connectivity index (χ3n) is 3.07. The minimum absolute atomic E-state index is 0.0146. The number of aryl methyl sites for hydroxylation is 1. The first-order chi connectivity index (χ1) is 9.55. The van der Waals surface area contributed by atoms with Crippen LogP contribution >= 0.6 is 27.5 Å². The number of hydrogen-bond donors (Lipinski definition) is 0. The molecule has 1 unspecified atom stereocenters. The fraction of sp³-hybridized carbons (Fsp3) is 0.250. The molecule has 0 spiro atoms. The Morgan fingerprint density at radius 2 is 1.80 bits per heavy atom. The predicted octanol–water partition coefficient (Wildman–Crippen LogP) is 5.15. The maximum absolute atomic E-state index is 6.13. The maximum atomic E-state index is 6.13. The van der Waals surface area contributed by atoms with Gasteiger partial charge in [0.15, 0.2) is 0 Å². The molecular formula is C16H16BrClO2. The Kier molecular flexibility index (Phi) is 4.95. The van der Waals surface area contributed by atoms with Crippen LogP contribution in [-0.2, 0) is 0 Å². The average Bonchev–Trinajstić information content (AvgIpc) is 2.44. The molecule has 2 rings (SSSR count). The quantitative estimate of drug-likeness (QED) is 0.706. The van der Waals surface area contributed by atoms with Crippen molar-refractivity contribution in [3.63, 3.8) is 0 Å². The Morgan fingerprint density at radius 3 is 2.40 bits per heavy atom. The van der Waals surface area contributed by atoms with Crippen LogP contribution < -0.4 is 9.47 Å². The Balaban J connectivity index is 2.44. The molecule has 2 nitrogen and oxygen atoms in total. The van der Waals surface area contributed by atoms with Crippen molar-refractivity contribution in [3.05, 3.63) is 58.1 Å². The van der Waals surface area contributed by atoms with Gasteiger partial charge in [-0.3, -0.25) is 0 Å². The van der Waals surface area contributed by atoms with E-state index in [-0.39, 0.29) is 4.83 Å². The van der Waals surface area contributed by atoms with Gasteiger partial charge in [0.25, 0.3) is 0 Å². The number of alkyl halides is 1. The van der Waals surface area contributed by atoms with Gasteiger partial charge in [-0.2, -0.15) is 0 Å². The van der Waals surface area contributed by atoms with E-state index in [0.717, 1.165) is 33.2 Å². The van der Waals surface area contributed by atoms with Gasteiger partial charge in [-0.15, -0.1) is 0 Å². The molecule has 0 heterocycles. The van der Waals surface area contributed by atoms with E-state index in [1.807, 2.05) is 37.3 Å². The van der Waals surface area contributed by atoms with Crippen LogP contribution in [0.3, 0.4) is 0 Å². The van der Waals surface area contributed by atoms with E-state index in [9.17, 15) is 0 Å². The number of rotatable bonds is 4. The van der Waals surface area contributed by atoms with Crippen LogP contribution in [0.2, 0.25) is 5.02 Å². The van der Waals surface area contributed by atoms with Gasteiger partial charge in [-0.05, 0) is 36.2 Å². The lowest BCUT2D eigenvalue weighted by Gasteiger charge is -2.16. The Morgan fingerprint density at radius 1 is 1.05 bits per heavy atom. The first kappa shape index (κ1) is 15.2. The summed E-state index contributed by atoms with van der Waals surface area (Å²) >= 11 is 9.85. The molecule has 0 N–H and O–H groups in total. The van der Waals surface area contributed by atoms with Gasteiger partial charge < -0.3 is 9.47 Å². The molecule has 0 amide bonds. The highest BCUT2D eigenvalue weighted by Crippen LogP contribution is 2.39. The lowest BCUT2D eigenvalue weighted by Crippen LogP contribution is -1.98. The fourth-order valence-electron chi connectivity index (χ4n) is 2.12. The molecule has 0 aliphatic carbocycles. The normalized spacial score (nSPS) is 12.1. The van der Waals surface area contributed by atoms with Crippen molar-refractivity contribution in [2.75, 3.05) is 14.2 Å². The highest BCUT2D eigenvalue weighted by molar-refractivity contribution is 9.09. The molecule has 0 aromatic heterocycles. The number of ether oxygens (including phenoxy) is 2. The molecule has 1 atom stereocenters. The lowest BCUT2D eigenvalue weighted by molar-refractivity contribution is 0.391. The molecule has 4 heteroatoms. The highest BCUT2D eigenvalue weighted by atomic mass is 79.9. The molecule has 2 aromatic rings. The van der Waals surface area contributed by atoms with E-state index >= 15 is 0 Å². The molecule has 0 saturated carbocycles. The average molecular weight is 356 g/mol. The highest BCUT2D eigenvalue weighted by Gasteiger charge is 2.16. The van der Waals surface area contributed by atoms with Crippen LogP contribution in [0.5, 0.6) is 11.5 Å². The monoisotopic (exact) mass is 354 g/mol. The standard InChI is InChI=1S/C16H16BrClO2/c1-10-6-11(8-12(18)7-10)16(17)14-5-4-13(19-2)9-15(14)20-3/h4-9,16H,1-3H3. The third-order valence-corrected chi connectivity index (χ3v) is 4.31. The van der Waals surface area contributed by atoms with Gasteiger partial charge in [-0.1, -0.05) is 39.7 Å². The van der Waals surface area contributed by atoms with Crippen LogP contribution in [0.15, 0.2) is 36.4 Å². The van der Waals surface area contributed by atoms with Gasteiger partial charge in [-0.25, -0.2) is 0 Å². The zero-order chi connectivity index (χ0) is 14.7. The minimum atomic E-state index is 0.0146. The first-order valence-corrected chi connectivity index (χ1v) is 7.47. The summed E-state index contributed by atoms with van der Waals surface area (Å²) in [7, 11) is 3.29. The topological polar surface area (TPSA) is 18.5 Å². The second-order valence-electron chi connectivity index (χ2n) is 4.53. The summed E-state index contributed by atoms with van der Waals surface area (Å²) in [5.74, 6) is 1.55. The van der Waals surface area contributed by atoms with Gasteiger partial charge in [0.05, 0.1) is 19.0 Å². The molecule has 20 heavy (non-hydrogen) atoms. The summed E-state index contributed by atoms with van der Waals surface area (Å²) in [5, 5.41) is 0.733. The Bertz CT molecular complexity index is 593. The van der Waals surface area contributed by atoms with Gasteiger partial charge >= 0.3 is 0 Å². The van der Waals surface area contributed by atoms with E-state index in [1.54, 1.807) is 14.2 Å². The molecule has 0 aliphatic rings. The van der Waals surface area contributed by atoms with E-state index < -0.39 is 0 Å². The van der Waals surface area contributed by atoms with Crippen LogP contribution in [0.4, 0.5) is 0 Å². The summed E-state index contributed by atoms with van der Waals surface area (Å²) in [6.45, 7) is 2.03. The largest absolute Gasteiger partial charge is 0.497 e. The van der Waals surface area contributed by atoms with Crippen molar-refractivity contribution >= 4 is 27.5 Å². The van der Waals surface area contributed by atoms with Crippen LogP contribution in [0, 0.1) is 6.92 Å². The fourth-order valence-corrected chi connectivity index (χ4v) is 3.06. The molecule has 0 fully saturated rings. The number of benzene rings is 2. The molecular weight excluding hydrogens is 340 g/mol. The summed E-state index contributed by atoms with van der Waals surface area (Å²) < 4.78 is 10.7. The zero-order valence-corrected chi connectivity index (χ0v) is 14.0. The molecule has 0 radical (unpaired) electrons. The Labute approximate surface area is 132 Å². The van der Waals surface area contributed by atoms with Gasteiger partial charge in [0.1, 0.15) is 11.5 Å². The third kappa shape index (κ3) is 3.28. The van der Waals surface area contributed by atoms with Crippen molar-refractivity contribution in [2.24, 2.45) is 0 Å². The first-order valence-electron chi connectivity index (χ1n) is 6.18. The molecule has 0 aliphatic heterocycles. The number of methoxy groups -OCH3 is 2.